The van der Waals surface area contributed by atoms with Crippen LogP contribution in [-0.4, -0.2) is 95.7 Å². The third-order valence-electron chi connectivity index (χ3n) is 7.27. The molecule has 18 heteroatoms. The summed E-state index contributed by atoms with van der Waals surface area (Å²) < 4.78 is 18.2. The number of esters is 4. The van der Waals surface area contributed by atoms with Crippen LogP contribution in [0.4, 0.5) is 0 Å². The molecule has 0 aliphatic rings. The Hall–Kier alpha value is -4.44. The first-order valence-electron chi connectivity index (χ1n) is 15.5. The van der Waals surface area contributed by atoms with Gasteiger partial charge in [0, 0.05) is 30.5 Å². The predicted octanol–water partition coefficient (Wildman–Crippen LogP) is 5.52. The van der Waals surface area contributed by atoms with E-state index in [0.717, 1.165) is 5.69 Å². The molecule has 0 saturated carbocycles. The largest absolute Gasteiger partial charge is 0.468 e. The number of hydrogen-bond donors (Lipinski definition) is 2. The quantitative estimate of drug-likeness (QED) is 0.121. The third kappa shape index (κ3) is 14.1. The van der Waals surface area contributed by atoms with Gasteiger partial charge in [0.15, 0.2) is 5.92 Å². The van der Waals surface area contributed by atoms with Gasteiger partial charge in [-0.3, -0.25) is 39.1 Å². The Morgan fingerprint density at radius 1 is 0.593 bits per heavy atom. The highest BCUT2D eigenvalue weighted by Gasteiger charge is 2.47. The van der Waals surface area contributed by atoms with Crippen LogP contribution in [0.2, 0.25) is 20.1 Å². The molecule has 0 amide bonds. The number of nitrogens with zero attached hydrogens (tertiary/aromatic N) is 4. The zero-order valence-electron chi connectivity index (χ0n) is 30.4. The standard InChI is InChI=1S/C11H12ClNO4.C10H10ClNO4.C9H12ClNO2.C6H6ClN/c1-11(9(14)16-2,10(15)17-3)8-5-4-7(12)6-13-8;1-15-9(13)8(10(14)16-2)7-4-3-6(11)5-12-7;1-9(5-12,6-13)8-3-2-7(10)4-11-8;1-5-2-3-6(7)4-8-5/h4-6H,1-3H3;3-5,8H,1-2H3;2-4,12-13H,5-6H2,1H3;2-4H,1H3. The maximum atomic E-state index is 11.7. The zero-order chi connectivity index (χ0) is 41.1. The number of halogens is 4. The van der Waals surface area contributed by atoms with Gasteiger partial charge in [-0.2, -0.15) is 0 Å². The van der Waals surface area contributed by atoms with Gasteiger partial charge in [0.25, 0.3) is 0 Å². The van der Waals surface area contributed by atoms with Crippen molar-refractivity contribution in [1.29, 1.82) is 0 Å². The maximum Gasteiger partial charge on any atom is 0.329 e. The number of pyridine rings is 4. The van der Waals surface area contributed by atoms with Gasteiger partial charge in [-0.15, -0.1) is 0 Å². The Balaban J connectivity index is 0.000000370. The maximum absolute atomic E-state index is 11.7. The molecular formula is C36H40Cl4N4O10. The monoisotopic (exact) mass is 828 g/mol. The summed E-state index contributed by atoms with van der Waals surface area (Å²) in [6.45, 7) is 4.77. The number of rotatable bonds is 9. The van der Waals surface area contributed by atoms with Gasteiger partial charge in [0.05, 0.1) is 84.2 Å². The highest BCUT2D eigenvalue weighted by Crippen LogP contribution is 2.26. The topological polar surface area (TPSA) is 197 Å². The minimum absolute atomic E-state index is 0.141. The second-order valence-electron chi connectivity index (χ2n) is 11.2. The van der Waals surface area contributed by atoms with Gasteiger partial charge in [0.1, 0.15) is 0 Å². The molecule has 0 aliphatic carbocycles. The highest BCUT2D eigenvalue weighted by molar-refractivity contribution is 6.31. The number of carbonyl (C=O) groups is 4. The number of aryl methyl sites for hydroxylation is 1. The highest BCUT2D eigenvalue weighted by atomic mass is 35.5. The molecule has 54 heavy (non-hydrogen) atoms. The molecule has 0 bridgehead atoms. The van der Waals surface area contributed by atoms with E-state index in [9.17, 15) is 19.2 Å². The summed E-state index contributed by atoms with van der Waals surface area (Å²) in [6.07, 6.45) is 5.83. The second-order valence-corrected chi connectivity index (χ2v) is 13.0. The van der Waals surface area contributed by atoms with Crippen LogP contribution in [0.25, 0.3) is 0 Å². The van der Waals surface area contributed by atoms with Crippen LogP contribution in [0.5, 0.6) is 0 Å². The van der Waals surface area contributed by atoms with Gasteiger partial charge in [-0.1, -0.05) is 46.4 Å². The number of ether oxygens (including phenoxy) is 4. The number of aliphatic hydroxyl groups is 2. The summed E-state index contributed by atoms with van der Waals surface area (Å²) in [5.74, 6) is -4.09. The molecule has 0 aromatic carbocycles. The molecule has 4 heterocycles. The summed E-state index contributed by atoms with van der Waals surface area (Å²) in [5.41, 5.74) is -0.182. The smallest absolute Gasteiger partial charge is 0.329 e. The lowest BCUT2D eigenvalue weighted by Gasteiger charge is -2.23. The van der Waals surface area contributed by atoms with E-state index in [1.807, 2.05) is 19.1 Å². The molecule has 0 aliphatic heterocycles. The number of aromatic nitrogens is 4. The van der Waals surface area contributed by atoms with E-state index in [1.54, 1.807) is 25.3 Å². The van der Waals surface area contributed by atoms with Crippen molar-refractivity contribution in [2.45, 2.75) is 37.5 Å². The molecule has 2 N–H and O–H groups in total. The van der Waals surface area contributed by atoms with Crippen LogP contribution in [0, 0.1) is 6.92 Å². The lowest BCUT2D eigenvalue weighted by molar-refractivity contribution is -0.161. The number of hydrogen-bond acceptors (Lipinski definition) is 14. The lowest BCUT2D eigenvalue weighted by Crippen LogP contribution is -2.43. The van der Waals surface area contributed by atoms with E-state index in [-0.39, 0.29) is 24.6 Å². The van der Waals surface area contributed by atoms with Crippen LogP contribution in [0.1, 0.15) is 42.5 Å². The van der Waals surface area contributed by atoms with Crippen molar-refractivity contribution < 1.29 is 48.3 Å². The van der Waals surface area contributed by atoms with E-state index in [2.05, 4.69) is 38.9 Å². The molecule has 0 fully saturated rings. The molecule has 0 spiro atoms. The number of carbonyl (C=O) groups excluding carboxylic acids is 4. The lowest BCUT2D eigenvalue weighted by atomic mass is 9.86. The van der Waals surface area contributed by atoms with E-state index >= 15 is 0 Å². The minimum Gasteiger partial charge on any atom is -0.468 e. The van der Waals surface area contributed by atoms with Gasteiger partial charge in [-0.25, -0.2) is 0 Å². The Bertz CT molecular complexity index is 1720. The molecular weight excluding hydrogens is 790 g/mol. The fourth-order valence-corrected chi connectivity index (χ4v) is 4.35. The van der Waals surface area contributed by atoms with E-state index in [0.29, 0.717) is 25.8 Å². The van der Waals surface area contributed by atoms with Gasteiger partial charge < -0.3 is 29.2 Å². The van der Waals surface area contributed by atoms with Crippen LogP contribution < -0.4 is 0 Å². The zero-order valence-corrected chi connectivity index (χ0v) is 33.4. The summed E-state index contributed by atoms with van der Waals surface area (Å²) in [5, 5.41) is 20.2. The van der Waals surface area contributed by atoms with Crippen molar-refractivity contribution in [2.24, 2.45) is 0 Å². The molecule has 0 radical (unpaired) electrons. The van der Waals surface area contributed by atoms with Crippen molar-refractivity contribution in [3.8, 4) is 0 Å². The van der Waals surface area contributed by atoms with E-state index in [4.69, 9.17) is 56.6 Å². The molecule has 4 aromatic heterocycles. The van der Waals surface area contributed by atoms with Crippen molar-refractivity contribution >= 4 is 70.3 Å². The fourth-order valence-electron chi connectivity index (χ4n) is 3.90. The summed E-state index contributed by atoms with van der Waals surface area (Å²) in [7, 11) is 4.77. The first-order valence-corrected chi connectivity index (χ1v) is 17.0. The fraction of sp³-hybridized carbons (Fsp3) is 0.333. The second kappa shape index (κ2) is 23.4. The molecule has 0 saturated heterocycles. The van der Waals surface area contributed by atoms with Crippen LogP contribution in [0.15, 0.2) is 73.3 Å². The number of aliphatic hydroxyl groups excluding tert-OH is 2. The summed E-state index contributed by atoms with van der Waals surface area (Å²) in [6, 6.07) is 13.1. The molecule has 0 atom stereocenters. The average molecular weight is 831 g/mol. The Labute approximate surface area is 332 Å². The Kier molecular flexibility index (Phi) is 20.6. The summed E-state index contributed by atoms with van der Waals surface area (Å²) >= 11 is 22.6. The van der Waals surface area contributed by atoms with Crippen molar-refractivity contribution in [2.75, 3.05) is 41.7 Å². The van der Waals surface area contributed by atoms with Crippen molar-refractivity contribution in [3.63, 3.8) is 0 Å². The Morgan fingerprint density at radius 2 is 0.981 bits per heavy atom. The van der Waals surface area contributed by atoms with Gasteiger partial charge >= 0.3 is 23.9 Å². The molecule has 4 aromatic rings. The van der Waals surface area contributed by atoms with Gasteiger partial charge in [0.2, 0.25) is 5.41 Å². The molecule has 292 valence electrons. The Morgan fingerprint density at radius 3 is 1.28 bits per heavy atom. The minimum atomic E-state index is -1.59. The normalized spacial score (nSPS) is 10.6. The first-order chi connectivity index (χ1) is 25.5. The van der Waals surface area contributed by atoms with Crippen LogP contribution in [0.3, 0.4) is 0 Å². The molecule has 0 unspecified atom stereocenters. The predicted molar refractivity (Wildman–Crippen MR) is 201 cm³/mol. The van der Waals surface area contributed by atoms with Crippen LogP contribution in [-0.2, 0) is 49.0 Å². The molecule has 14 nitrogen and oxygen atoms in total. The third-order valence-corrected chi connectivity index (χ3v) is 8.16. The van der Waals surface area contributed by atoms with Crippen molar-refractivity contribution in [3.05, 3.63) is 116 Å². The van der Waals surface area contributed by atoms with Crippen molar-refractivity contribution in [1.82, 2.24) is 19.9 Å². The van der Waals surface area contributed by atoms with E-state index < -0.39 is 40.6 Å². The van der Waals surface area contributed by atoms with Crippen LogP contribution >= 0.6 is 46.4 Å². The summed E-state index contributed by atoms with van der Waals surface area (Å²) in [4.78, 5) is 62.1. The van der Waals surface area contributed by atoms with E-state index in [1.165, 1.54) is 78.2 Å². The SMILES string of the molecule is CC(CO)(CO)c1ccc(Cl)cn1.COC(=O)C(C(=O)OC)c1ccc(Cl)cn1.COC(=O)C(C)(C(=O)OC)c1ccc(Cl)cn1.Cc1ccc(Cl)cn1. The van der Waals surface area contributed by atoms with Gasteiger partial charge in [-0.05, 0) is 69.3 Å². The average Bonchev–Trinajstić information content (AvgIpc) is 3.19. The molecule has 4 rings (SSSR count). The first kappa shape index (κ1) is 47.6. The number of methoxy groups -OCH3 is 4.